The summed E-state index contributed by atoms with van der Waals surface area (Å²) in [5.41, 5.74) is 0.610. The molecule has 4 rings (SSSR count). The highest BCUT2D eigenvalue weighted by Gasteiger charge is 2.23. The molecule has 2 N–H and O–H groups in total. The molecule has 1 atom stereocenters. The minimum absolute atomic E-state index is 0.00553. The van der Waals surface area contributed by atoms with Crippen molar-refractivity contribution in [3.63, 3.8) is 0 Å². The number of hydrogen-bond donors (Lipinski definition) is 2. The number of aromatic amines is 1. The van der Waals surface area contributed by atoms with Crippen LogP contribution in [0.1, 0.15) is 30.8 Å². The van der Waals surface area contributed by atoms with E-state index in [0.717, 1.165) is 9.47 Å². The third-order valence-electron chi connectivity index (χ3n) is 3.61. The number of para-hydroxylation sites is 1. The average Bonchev–Trinajstić information content (AvgIpc) is 3.25. The summed E-state index contributed by atoms with van der Waals surface area (Å²) in [7, 11) is 0. The molecule has 0 bridgehead atoms. The number of hydrogen-bond acceptors (Lipinski definition) is 7. The van der Waals surface area contributed by atoms with Gasteiger partial charge in [0.15, 0.2) is 4.34 Å². The van der Waals surface area contributed by atoms with E-state index in [1.807, 2.05) is 25.1 Å². The molecule has 0 radical (unpaired) electrons. The van der Waals surface area contributed by atoms with Gasteiger partial charge in [-0.25, -0.2) is 4.98 Å². The summed E-state index contributed by atoms with van der Waals surface area (Å²) in [5, 5.41) is 13.2. The van der Waals surface area contributed by atoms with Gasteiger partial charge in [0, 0.05) is 6.04 Å². The SMILES string of the molecule is C[C@H](Sc1nnc(NC2CC2)s1)c1nc2ccccc2c(=O)[nH]1. The molecule has 0 spiro atoms. The average molecular weight is 345 g/mol. The third kappa shape index (κ3) is 3.23. The molecule has 6 nitrogen and oxygen atoms in total. The second-order valence-corrected chi connectivity index (χ2v) is 8.09. The largest absolute Gasteiger partial charge is 0.357 e. The van der Waals surface area contributed by atoms with Gasteiger partial charge in [-0.1, -0.05) is 35.2 Å². The number of anilines is 1. The van der Waals surface area contributed by atoms with Crippen molar-refractivity contribution in [3.8, 4) is 0 Å². The number of fused-ring (bicyclic) bond motifs is 1. The quantitative estimate of drug-likeness (QED) is 0.691. The van der Waals surface area contributed by atoms with Crippen molar-refractivity contribution in [2.45, 2.75) is 35.4 Å². The van der Waals surface area contributed by atoms with Gasteiger partial charge in [-0.3, -0.25) is 4.79 Å². The van der Waals surface area contributed by atoms with Crippen molar-refractivity contribution >= 4 is 39.1 Å². The Kier molecular flexibility index (Phi) is 3.78. The molecule has 1 aliphatic rings. The Morgan fingerprint density at radius 3 is 3.00 bits per heavy atom. The van der Waals surface area contributed by atoms with E-state index < -0.39 is 0 Å². The number of aromatic nitrogens is 4. The van der Waals surface area contributed by atoms with Crippen LogP contribution in [0.3, 0.4) is 0 Å². The van der Waals surface area contributed by atoms with Crippen LogP contribution in [0, 0.1) is 0 Å². The highest BCUT2D eigenvalue weighted by molar-refractivity contribution is 8.01. The summed E-state index contributed by atoms with van der Waals surface area (Å²) in [5.74, 6) is 0.658. The van der Waals surface area contributed by atoms with Crippen LogP contribution in [0.4, 0.5) is 5.13 Å². The molecule has 23 heavy (non-hydrogen) atoms. The maximum atomic E-state index is 12.1. The van der Waals surface area contributed by atoms with Crippen LogP contribution in [0.15, 0.2) is 33.4 Å². The molecule has 2 heterocycles. The molecular weight excluding hydrogens is 330 g/mol. The van der Waals surface area contributed by atoms with E-state index in [1.165, 1.54) is 12.8 Å². The Labute approximate surface area is 140 Å². The molecule has 0 unspecified atom stereocenters. The van der Waals surface area contributed by atoms with E-state index in [1.54, 1.807) is 29.2 Å². The van der Waals surface area contributed by atoms with Gasteiger partial charge >= 0.3 is 0 Å². The first-order chi connectivity index (χ1) is 11.2. The van der Waals surface area contributed by atoms with Crippen molar-refractivity contribution < 1.29 is 0 Å². The molecule has 8 heteroatoms. The maximum Gasteiger partial charge on any atom is 0.258 e. The van der Waals surface area contributed by atoms with Gasteiger partial charge in [-0.2, -0.15) is 0 Å². The van der Waals surface area contributed by atoms with Crippen LogP contribution >= 0.6 is 23.1 Å². The van der Waals surface area contributed by atoms with Crippen LogP contribution in [0.5, 0.6) is 0 Å². The Morgan fingerprint density at radius 2 is 2.17 bits per heavy atom. The smallest absolute Gasteiger partial charge is 0.258 e. The molecule has 1 aliphatic carbocycles. The first kappa shape index (κ1) is 14.6. The lowest BCUT2D eigenvalue weighted by Crippen LogP contribution is -2.12. The molecule has 1 fully saturated rings. The minimum Gasteiger partial charge on any atom is -0.357 e. The Hall–Kier alpha value is -1.93. The van der Waals surface area contributed by atoms with Crippen molar-refractivity contribution in [1.82, 2.24) is 20.2 Å². The first-order valence-electron chi connectivity index (χ1n) is 7.45. The molecule has 2 aromatic heterocycles. The fraction of sp³-hybridized carbons (Fsp3) is 0.333. The van der Waals surface area contributed by atoms with Crippen molar-refractivity contribution in [2.75, 3.05) is 5.32 Å². The highest BCUT2D eigenvalue weighted by atomic mass is 32.2. The van der Waals surface area contributed by atoms with Gasteiger partial charge in [-0.15, -0.1) is 10.2 Å². The second kappa shape index (κ2) is 5.93. The van der Waals surface area contributed by atoms with Gasteiger partial charge in [0.05, 0.1) is 16.2 Å². The number of nitrogens with zero attached hydrogens (tertiary/aromatic N) is 3. The first-order valence-corrected chi connectivity index (χ1v) is 9.14. The van der Waals surface area contributed by atoms with Crippen LogP contribution < -0.4 is 10.9 Å². The second-order valence-electron chi connectivity index (χ2n) is 5.52. The molecular formula is C15H15N5OS2. The minimum atomic E-state index is -0.105. The molecule has 0 aliphatic heterocycles. The molecule has 3 aromatic rings. The summed E-state index contributed by atoms with van der Waals surface area (Å²) in [6, 6.07) is 7.93. The summed E-state index contributed by atoms with van der Waals surface area (Å²) >= 11 is 3.10. The van der Waals surface area contributed by atoms with E-state index >= 15 is 0 Å². The standard InChI is InChI=1S/C15H15N5OS2/c1-8(22-15-20-19-14(23-15)16-9-6-7-9)12-17-11-5-3-2-4-10(11)13(21)18-12/h2-5,8-9H,6-7H2,1H3,(H,16,19)(H,17,18,21)/t8-/m0/s1. The molecule has 0 saturated heterocycles. The number of rotatable bonds is 5. The lowest BCUT2D eigenvalue weighted by molar-refractivity contribution is 0.916. The molecule has 0 amide bonds. The highest BCUT2D eigenvalue weighted by Crippen LogP contribution is 2.37. The zero-order chi connectivity index (χ0) is 15.8. The Morgan fingerprint density at radius 1 is 1.35 bits per heavy atom. The number of benzene rings is 1. The van der Waals surface area contributed by atoms with E-state index in [2.05, 4.69) is 25.5 Å². The summed E-state index contributed by atoms with van der Waals surface area (Å²) in [6.07, 6.45) is 2.42. The van der Waals surface area contributed by atoms with E-state index in [4.69, 9.17) is 0 Å². The summed E-state index contributed by atoms with van der Waals surface area (Å²) in [4.78, 5) is 19.6. The summed E-state index contributed by atoms with van der Waals surface area (Å²) < 4.78 is 0.872. The number of thioether (sulfide) groups is 1. The van der Waals surface area contributed by atoms with E-state index in [-0.39, 0.29) is 10.8 Å². The van der Waals surface area contributed by atoms with E-state index in [9.17, 15) is 4.79 Å². The van der Waals surface area contributed by atoms with Crippen LogP contribution in [-0.2, 0) is 0 Å². The summed E-state index contributed by atoms with van der Waals surface area (Å²) in [6.45, 7) is 2.01. The van der Waals surface area contributed by atoms with Gasteiger partial charge in [0.1, 0.15) is 5.82 Å². The molecule has 1 aromatic carbocycles. The third-order valence-corrected chi connectivity index (χ3v) is 5.65. The monoisotopic (exact) mass is 345 g/mol. The molecule has 118 valence electrons. The van der Waals surface area contributed by atoms with Gasteiger partial charge in [0.2, 0.25) is 5.13 Å². The fourth-order valence-corrected chi connectivity index (χ4v) is 4.25. The van der Waals surface area contributed by atoms with Gasteiger partial charge in [-0.05, 0) is 31.9 Å². The lowest BCUT2D eigenvalue weighted by Gasteiger charge is -2.08. The van der Waals surface area contributed by atoms with Crippen LogP contribution in [0.2, 0.25) is 0 Å². The topological polar surface area (TPSA) is 83.6 Å². The number of nitrogens with one attached hydrogen (secondary N) is 2. The predicted octanol–water partition coefficient (Wildman–Crippen LogP) is 3.20. The number of H-pyrrole nitrogens is 1. The zero-order valence-electron chi connectivity index (χ0n) is 12.4. The van der Waals surface area contributed by atoms with Gasteiger partial charge in [0.25, 0.3) is 5.56 Å². The Balaban J connectivity index is 1.55. The van der Waals surface area contributed by atoms with Gasteiger partial charge < -0.3 is 10.3 Å². The van der Waals surface area contributed by atoms with Crippen molar-refractivity contribution in [1.29, 1.82) is 0 Å². The van der Waals surface area contributed by atoms with Crippen LogP contribution in [-0.4, -0.2) is 26.2 Å². The van der Waals surface area contributed by atoms with Crippen LogP contribution in [0.25, 0.3) is 10.9 Å². The fourth-order valence-electron chi connectivity index (χ4n) is 2.22. The zero-order valence-corrected chi connectivity index (χ0v) is 14.1. The lowest BCUT2D eigenvalue weighted by atomic mass is 10.2. The normalized spacial score (nSPS) is 15.7. The predicted molar refractivity (Wildman–Crippen MR) is 93.2 cm³/mol. The van der Waals surface area contributed by atoms with Crippen molar-refractivity contribution in [2.24, 2.45) is 0 Å². The molecule has 1 saturated carbocycles. The maximum absolute atomic E-state index is 12.1. The Bertz CT molecular complexity index is 902. The van der Waals surface area contributed by atoms with Crippen molar-refractivity contribution in [3.05, 3.63) is 40.4 Å². The van der Waals surface area contributed by atoms with E-state index in [0.29, 0.717) is 22.8 Å².